The monoisotopic (exact) mass is 467 g/mol. The van der Waals surface area contributed by atoms with E-state index in [1.165, 1.54) is 7.05 Å². The van der Waals surface area contributed by atoms with E-state index in [-0.39, 0.29) is 29.4 Å². The van der Waals surface area contributed by atoms with Crippen LogP contribution in [0.25, 0.3) is 22.8 Å². The van der Waals surface area contributed by atoms with Crippen LogP contribution in [-0.2, 0) is 0 Å². The lowest BCUT2D eigenvalue weighted by atomic mass is 10.1. The summed E-state index contributed by atoms with van der Waals surface area (Å²) in [5, 5.41) is 15.9. The second-order valence-electron chi connectivity index (χ2n) is 6.92. The maximum absolute atomic E-state index is 13.6. The average Bonchev–Trinajstić information content (AvgIpc) is 3.24. The fourth-order valence-electron chi connectivity index (χ4n) is 2.84. The third kappa shape index (κ3) is 5.27. The lowest BCUT2D eigenvalue weighted by Gasteiger charge is -2.14. The van der Waals surface area contributed by atoms with E-state index in [0.717, 1.165) is 18.3 Å². The highest BCUT2D eigenvalue weighted by molar-refractivity contribution is 5.81. The number of nitrogens with one attached hydrogen (secondary N) is 1. The number of halogens is 5. The zero-order chi connectivity index (χ0) is 24.3. The number of nitrogens with zero attached hydrogens (tertiary/aromatic N) is 3. The predicted octanol–water partition coefficient (Wildman–Crippen LogP) is 4.58. The van der Waals surface area contributed by atoms with Crippen molar-refractivity contribution in [2.24, 2.45) is 10.7 Å². The molecule has 0 spiro atoms. The van der Waals surface area contributed by atoms with E-state index in [0.29, 0.717) is 16.8 Å². The van der Waals surface area contributed by atoms with Gasteiger partial charge in [-0.1, -0.05) is 17.3 Å². The van der Waals surface area contributed by atoms with Crippen molar-refractivity contribution < 1.29 is 31.6 Å². The van der Waals surface area contributed by atoms with Crippen molar-refractivity contribution >= 4 is 11.9 Å². The number of alkyl halides is 3. The topological polar surface area (TPSA) is 110 Å². The van der Waals surface area contributed by atoms with Crippen molar-refractivity contribution in [1.82, 2.24) is 10.1 Å². The van der Waals surface area contributed by atoms with E-state index in [4.69, 9.17) is 10.3 Å². The number of nitrogens with two attached hydrogens (primary N) is 1. The molecule has 33 heavy (non-hydrogen) atoms. The Hall–Kier alpha value is -3.96. The molecule has 0 bridgehead atoms. The molecule has 4 N–H and O–H groups in total. The van der Waals surface area contributed by atoms with E-state index < -0.39 is 29.3 Å². The van der Waals surface area contributed by atoms with Gasteiger partial charge >= 0.3 is 6.18 Å². The Morgan fingerprint density at radius 3 is 2.45 bits per heavy atom. The van der Waals surface area contributed by atoms with Gasteiger partial charge in [-0.15, -0.1) is 0 Å². The molecule has 2 aromatic carbocycles. The van der Waals surface area contributed by atoms with Gasteiger partial charge in [0.1, 0.15) is 5.70 Å². The van der Waals surface area contributed by atoms with E-state index >= 15 is 0 Å². The zero-order valence-electron chi connectivity index (χ0n) is 17.3. The first-order valence-corrected chi connectivity index (χ1v) is 9.36. The van der Waals surface area contributed by atoms with Crippen LogP contribution in [-0.4, -0.2) is 41.2 Å². The molecule has 0 saturated carbocycles. The minimum Gasteiger partial charge on any atom is -0.503 e. The number of aryl methyl sites for hydroxylation is 1. The number of phenols is 1. The lowest BCUT2D eigenvalue weighted by Crippen LogP contribution is -2.25. The fourth-order valence-corrected chi connectivity index (χ4v) is 2.84. The van der Waals surface area contributed by atoms with Crippen molar-refractivity contribution in [3.63, 3.8) is 0 Å². The molecule has 0 saturated heterocycles. The summed E-state index contributed by atoms with van der Waals surface area (Å²) >= 11 is 0. The standard InChI is InChI=1S/C21H18F5N5O2/c1-10-3-4-11(7-16(10)29-9-13(8-28-2)18(27)21(24,25)26)19-30-20(33-31-19)12-5-14(22)17(32)15(23)6-12/h3-8,29,32H,9,27H2,1-2H3/b18-13+,28-8?. The third-order valence-electron chi connectivity index (χ3n) is 4.59. The Balaban J connectivity index is 1.88. The predicted molar refractivity (Wildman–Crippen MR) is 112 cm³/mol. The van der Waals surface area contributed by atoms with Gasteiger partial charge in [0.05, 0.1) is 0 Å². The number of anilines is 1. The number of aliphatic imine (C=N–C) groups is 1. The molecule has 12 heteroatoms. The quantitative estimate of drug-likeness (QED) is 0.362. The number of hydrogen-bond acceptors (Lipinski definition) is 7. The van der Waals surface area contributed by atoms with Crippen molar-refractivity contribution in [1.29, 1.82) is 0 Å². The highest BCUT2D eigenvalue weighted by Crippen LogP contribution is 2.30. The van der Waals surface area contributed by atoms with E-state index in [1.54, 1.807) is 25.1 Å². The third-order valence-corrected chi connectivity index (χ3v) is 4.59. The molecule has 0 fully saturated rings. The van der Waals surface area contributed by atoms with Crippen molar-refractivity contribution in [2.75, 3.05) is 18.9 Å². The van der Waals surface area contributed by atoms with Crippen LogP contribution in [0.5, 0.6) is 5.75 Å². The van der Waals surface area contributed by atoms with Crippen LogP contribution in [0.15, 0.2) is 51.1 Å². The minimum absolute atomic E-state index is 0.0719. The molecule has 0 aliphatic carbocycles. The molecule has 0 unspecified atom stereocenters. The molecule has 0 aliphatic rings. The molecule has 0 radical (unpaired) electrons. The maximum atomic E-state index is 13.6. The van der Waals surface area contributed by atoms with E-state index in [9.17, 15) is 27.1 Å². The summed E-state index contributed by atoms with van der Waals surface area (Å²) in [6.07, 6.45) is -3.68. The Morgan fingerprint density at radius 2 is 1.85 bits per heavy atom. The SMILES string of the molecule is CN=C/C(CNc1cc(-c2noc(-c3cc(F)c(O)c(F)c3)n2)ccc1C)=C(\N)C(F)(F)F. The van der Waals surface area contributed by atoms with Crippen LogP contribution in [0.4, 0.5) is 27.6 Å². The molecular formula is C21H18F5N5O2. The number of aromatic hydroxyl groups is 1. The van der Waals surface area contributed by atoms with Crippen LogP contribution >= 0.6 is 0 Å². The maximum Gasteiger partial charge on any atom is 0.431 e. The summed E-state index contributed by atoms with van der Waals surface area (Å²) in [7, 11) is 1.33. The number of hydrogen-bond donors (Lipinski definition) is 3. The first-order valence-electron chi connectivity index (χ1n) is 9.36. The van der Waals surface area contributed by atoms with Crippen molar-refractivity contribution in [3.8, 4) is 28.6 Å². The molecule has 1 aromatic heterocycles. The van der Waals surface area contributed by atoms with Gasteiger partial charge in [0.15, 0.2) is 17.4 Å². The van der Waals surface area contributed by atoms with Crippen molar-refractivity contribution in [2.45, 2.75) is 13.1 Å². The van der Waals surface area contributed by atoms with Gasteiger partial charge in [-0.2, -0.15) is 18.2 Å². The smallest absolute Gasteiger partial charge is 0.431 e. The fraction of sp³-hybridized carbons (Fsp3) is 0.190. The first-order chi connectivity index (χ1) is 15.5. The van der Waals surface area contributed by atoms with Crippen LogP contribution < -0.4 is 11.1 Å². The van der Waals surface area contributed by atoms with Gasteiger partial charge in [-0.3, -0.25) is 4.99 Å². The number of allylic oxidation sites excluding steroid dienone is 1. The molecule has 7 nitrogen and oxygen atoms in total. The number of rotatable bonds is 6. The van der Waals surface area contributed by atoms with Crippen LogP contribution in [0.3, 0.4) is 0 Å². The summed E-state index contributed by atoms with van der Waals surface area (Å²) in [6, 6.07) is 6.57. The summed E-state index contributed by atoms with van der Waals surface area (Å²) in [4.78, 5) is 7.71. The summed E-state index contributed by atoms with van der Waals surface area (Å²) in [5.41, 5.74) is 5.24. The average molecular weight is 467 g/mol. The minimum atomic E-state index is -4.71. The highest BCUT2D eigenvalue weighted by Gasteiger charge is 2.33. The highest BCUT2D eigenvalue weighted by atomic mass is 19.4. The lowest BCUT2D eigenvalue weighted by molar-refractivity contribution is -0.0931. The van der Waals surface area contributed by atoms with E-state index in [1.807, 2.05) is 0 Å². The second kappa shape index (κ2) is 9.27. The summed E-state index contributed by atoms with van der Waals surface area (Å²) < 4.78 is 71.2. The van der Waals surface area contributed by atoms with Gasteiger partial charge in [0.25, 0.3) is 5.89 Å². The second-order valence-corrected chi connectivity index (χ2v) is 6.92. The molecule has 3 rings (SSSR count). The number of benzene rings is 2. The number of aromatic nitrogens is 2. The van der Waals surface area contributed by atoms with Gasteiger partial charge in [-0.25, -0.2) is 8.78 Å². The van der Waals surface area contributed by atoms with Gasteiger partial charge < -0.3 is 20.7 Å². The zero-order valence-corrected chi connectivity index (χ0v) is 17.3. The summed E-state index contributed by atoms with van der Waals surface area (Å²) in [6.45, 7) is 1.48. The molecular weight excluding hydrogens is 449 g/mol. The van der Waals surface area contributed by atoms with Crippen LogP contribution in [0.2, 0.25) is 0 Å². The molecule has 3 aromatic rings. The molecule has 0 amide bonds. The molecule has 0 aliphatic heterocycles. The Labute approximate surface area is 184 Å². The number of phenolic OH excluding ortho intramolecular Hbond substituents is 1. The Kier molecular flexibility index (Phi) is 6.65. The Bertz CT molecular complexity index is 1210. The van der Waals surface area contributed by atoms with Gasteiger partial charge in [-0.05, 0) is 30.7 Å². The van der Waals surface area contributed by atoms with Gasteiger partial charge in [0, 0.05) is 42.2 Å². The van der Waals surface area contributed by atoms with Crippen LogP contribution in [0, 0.1) is 18.6 Å². The normalized spacial score (nSPS) is 12.8. The molecule has 0 atom stereocenters. The largest absolute Gasteiger partial charge is 0.503 e. The molecule has 174 valence electrons. The first kappa shape index (κ1) is 23.7. The van der Waals surface area contributed by atoms with Crippen LogP contribution in [0.1, 0.15) is 5.56 Å². The van der Waals surface area contributed by atoms with Crippen molar-refractivity contribution in [3.05, 3.63) is 58.8 Å². The molecule has 1 heterocycles. The summed E-state index contributed by atoms with van der Waals surface area (Å²) in [5.74, 6) is -3.63. The van der Waals surface area contributed by atoms with E-state index in [2.05, 4.69) is 20.4 Å². The Morgan fingerprint density at radius 1 is 1.18 bits per heavy atom. The van der Waals surface area contributed by atoms with Gasteiger partial charge in [0.2, 0.25) is 5.82 Å².